The number of halogens is 1. The zero-order valence-electron chi connectivity index (χ0n) is 8.65. The molecule has 9 heteroatoms. The highest BCUT2D eigenvalue weighted by Crippen LogP contribution is 2.26. The molecular formula is C8H14FNO7. The Labute approximate surface area is 95.2 Å². The fraction of sp³-hybridized carbons (Fsp3) is 0.875. The summed E-state index contributed by atoms with van der Waals surface area (Å²) in [4.78, 5) is 10.8. The van der Waals surface area contributed by atoms with Crippen LogP contribution < -0.4 is 5.32 Å². The quantitative estimate of drug-likeness (QED) is 0.284. The van der Waals surface area contributed by atoms with Gasteiger partial charge in [0, 0.05) is 0 Å². The molecule has 0 radical (unpaired) electrons. The highest BCUT2D eigenvalue weighted by molar-refractivity contribution is 5.77. The first-order valence-corrected chi connectivity index (χ1v) is 4.78. The highest BCUT2D eigenvalue weighted by atomic mass is 19.1. The van der Waals surface area contributed by atoms with Crippen LogP contribution >= 0.6 is 0 Å². The standard InChI is InChI=1S/C8H14FNO7/c9-1-4(12)10-8(16)7(15)6(14)5(13)3(2-11)17-8/h3,5-7,11,13-16H,1-2H2,(H,10,12). The zero-order valence-corrected chi connectivity index (χ0v) is 8.65. The van der Waals surface area contributed by atoms with Crippen molar-refractivity contribution < 1.29 is 39.5 Å². The second-order valence-corrected chi connectivity index (χ2v) is 3.64. The molecule has 1 rings (SSSR count). The molecule has 0 aliphatic carbocycles. The average molecular weight is 255 g/mol. The third-order valence-corrected chi connectivity index (χ3v) is 2.41. The molecule has 1 aliphatic rings. The lowest BCUT2D eigenvalue weighted by Gasteiger charge is -2.44. The minimum atomic E-state index is -2.77. The van der Waals surface area contributed by atoms with Crippen LogP contribution in [0.4, 0.5) is 4.39 Å². The van der Waals surface area contributed by atoms with E-state index in [-0.39, 0.29) is 0 Å². The van der Waals surface area contributed by atoms with Crippen molar-refractivity contribution in [3.8, 4) is 0 Å². The summed E-state index contributed by atoms with van der Waals surface area (Å²) < 4.78 is 16.6. The molecule has 6 N–H and O–H groups in total. The van der Waals surface area contributed by atoms with Crippen LogP contribution in [-0.4, -0.2) is 75.0 Å². The van der Waals surface area contributed by atoms with E-state index in [1.165, 1.54) is 0 Å². The fourth-order valence-corrected chi connectivity index (χ4v) is 1.49. The first kappa shape index (κ1) is 14.2. The predicted octanol–water partition coefficient (Wildman–Crippen LogP) is -3.81. The summed E-state index contributed by atoms with van der Waals surface area (Å²) in [5.41, 5.74) is 0. The van der Waals surface area contributed by atoms with Crippen LogP contribution in [0, 0.1) is 0 Å². The lowest BCUT2D eigenvalue weighted by molar-refractivity contribution is -0.358. The van der Waals surface area contributed by atoms with Crippen molar-refractivity contribution in [2.75, 3.05) is 13.3 Å². The molecule has 0 aromatic carbocycles. The molecule has 1 aliphatic heterocycles. The minimum Gasteiger partial charge on any atom is -0.394 e. The number of carbonyl (C=O) groups excluding carboxylic acids is 1. The van der Waals surface area contributed by atoms with E-state index in [2.05, 4.69) is 4.74 Å². The number of hydrogen-bond donors (Lipinski definition) is 6. The summed E-state index contributed by atoms with van der Waals surface area (Å²) in [6.45, 7) is -2.25. The average Bonchev–Trinajstić information content (AvgIpc) is 2.31. The number of aliphatic hydroxyl groups is 5. The fourth-order valence-electron chi connectivity index (χ4n) is 1.49. The number of carbonyl (C=O) groups is 1. The van der Waals surface area contributed by atoms with Gasteiger partial charge in [0.2, 0.25) is 0 Å². The number of hydrogen-bond acceptors (Lipinski definition) is 7. The summed E-state index contributed by atoms with van der Waals surface area (Å²) in [5, 5.41) is 48.2. The summed E-state index contributed by atoms with van der Waals surface area (Å²) in [6.07, 6.45) is -7.04. The molecule has 1 amide bonds. The van der Waals surface area contributed by atoms with E-state index in [4.69, 9.17) is 5.11 Å². The minimum absolute atomic E-state index is 0.779. The van der Waals surface area contributed by atoms with Crippen LogP contribution in [-0.2, 0) is 9.53 Å². The number of nitrogens with one attached hydrogen (secondary N) is 1. The first-order valence-electron chi connectivity index (χ1n) is 4.78. The Morgan fingerprint density at radius 1 is 1.35 bits per heavy atom. The Bertz CT molecular complexity index is 289. The van der Waals surface area contributed by atoms with Crippen LogP contribution in [0.2, 0.25) is 0 Å². The SMILES string of the molecule is O=C(CF)NC1(O)OC(CO)C(O)C(O)C1O. The van der Waals surface area contributed by atoms with Crippen molar-refractivity contribution in [1.29, 1.82) is 0 Å². The Morgan fingerprint density at radius 3 is 2.41 bits per heavy atom. The Kier molecular flexibility index (Phi) is 4.36. The molecule has 0 aromatic rings. The highest BCUT2D eigenvalue weighted by Gasteiger charge is 2.53. The molecule has 17 heavy (non-hydrogen) atoms. The van der Waals surface area contributed by atoms with Gasteiger partial charge in [-0.3, -0.25) is 4.79 Å². The van der Waals surface area contributed by atoms with Crippen LogP contribution in [0.25, 0.3) is 0 Å². The zero-order chi connectivity index (χ0) is 13.2. The number of amides is 1. The molecule has 8 nitrogen and oxygen atoms in total. The van der Waals surface area contributed by atoms with Crippen molar-refractivity contribution in [2.24, 2.45) is 0 Å². The molecule has 5 unspecified atom stereocenters. The molecule has 1 saturated heterocycles. The van der Waals surface area contributed by atoms with Gasteiger partial charge in [-0.05, 0) is 0 Å². The summed E-state index contributed by atoms with van der Waals surface area (Å²) in [5.74, 6) is -4.05. The smallest absolute Gasteiger partial charge is 0.279 e. The molecular weight excluding hydrogens is 241 g/mol. The van der Waals surface area contributed by atoms with Gasteiger partial charge in [0.15, 0.2) is 12.8 Å². The van der Waals surface area contributed by atoms with Crippen molar-refractivity contribution in [1.82, 2.24) is 5.32 Å². The summed E-state index contributed by atoms with van der Waals surface area (Å²) in [6, 6.07) is 0. The van der Waals surface area contributed by atoms with Crippen LogP contribution in [0.5, 0.6) is 0 Å². The molecule has 1 heterocycles. The molecule has 0 spiro atoms. The van der Waals surface area contributed by atoms with Gasteiger partial charge in [-0.15, -0.1) is 0 Å². The maximum atomic E-state index is 12.0. The maximum absolute atomic E-state index is 12.0. The number of aliphatic hydroxyl groups excluding tert-OH is 4. The van der Waals surface area contributed by atoms with Crippen molar-refractivity contribution in [3.05, 3.63) is 0 Å². The topological polar surface area (TPSA) is 139 Å². The second kappa shape index (κ2) is 5.21. The third kappa shape index (κ3) is 2.70. The van der Waals surface area contributed by atoms with Crippen LogP contribution in [0.3, 0.4) is 0 Å². The molecule has 1 fully saturated rings. The van der Waals surface area contributed by atoms with Gasteiger partial charge in [-0.25, -0.2) is 4.39 Å². The van der Waals surface area contributed by atoms with E-state index in [0.717, 1.165) is 0 Å². The van der Waals surface area contributed by atoms with Gasteiger partial charge in [-0.2, -0.15) is 0 Å². The Hall–Kier alpha value is -0.840. The molecule has 100 valence electrons. The van der Waals surface area contributed by atoms with Crippen LogP contribution in [0.15, 0.2) is 0 Å². The Balaban J connectivity index is 2.86. The van der Waals surface area contributed by atoms with Crippen molar-refractivity contribution >= 4 is 5.91 Å². The maximum Gasteiger partial charge on any atom is 0.279 e. The van der Waals surface area contributed by atoms with Crippen molar-refractivity contribution in [3.63, 3.8) is 0 Å². The van der Waals surface area contributed by atoms with Gasteiger partial charge in [-0.1, -0.05) is 0 Å². The molecule has 0 saturated carbocycles. The van der Waals surface area contributed by atoms with E-state index in [1.54, 1.807) is 5.32 Å². The Morgan fingerprint density at radius 2 is 1.94 bits per heavy atom. The number of alkyl halides is 1. The number of rotatable bonds is 3. The molecule has 5 atom stereocenters. The largest absolute Gasteiger partial charge is 0.394 e. The van der Waals surface area contributed by atoms with E-state index in [1.807, 2.05) is 0 Å². The summed E-state index contributed by atoms with van der Waals surface area (Å²) in [7, 11) is 0. The molecule has 0 aromatic heterocycles. The normalized spacial score (nSPS) is 42.2. The van der Waals surface area contributed by atoms with Gasteiger partial charge in [0.25, 0.3) is 11.8 Å². The van der Waals surface area contributed by atoms with Gasteiger partial charge in [0.1, 0.15) is 18.3 Å². The lowest BCUT2D eigenvalue weighted by Crippen LogP contribution is -2.71. The van der Waals surface area contributed by atoms with Gasteiger partial charge < -0.3 is 35.6 Å². The first-order chi connectivity index (χ1) is 7.85. The van der Waals surface area contributed by atoms with E-state index in [9.17, 15) is 29.6 Å². The van der Waals surface area contributed by atoms with E-state index in [0.29, 0.717) is 0 Å². The second-order valence-electron chi connectivity index (χ2n) is 3.64. The monoisotopic (exact) mass is 255 g/mol. The van der Waals surface area contributed by atoms with Gasteiger partial charge >= 0.3 is 0 Å². The molecule has 0 bridgehead atoms. The van der Waals surface area contributed by atoms with Crippen molar-refractivity contribution in [2.45, 2.75) is 30.3 Å². The number of ether oxygens (including phenoxy) is 1. The van der Waals surface area contributed by atoms with E-state index >= 15 is 0 Å². The predicted molar refractivity (Wildman–Crippen MR) is 49.0 cm³/mol. The third-order valence-electron chi connectivity index (χ3n) is 2.41. The lowest BCUT2D eigenvalue weighted by atomic mass is 9.96. The summed E-state index contributed by atoms with van der Waals surface area (Å²) >= 11 is 0. The van der Waals surface area contributed by atoms with Gasteiger partial charge in [0.05, 0.1) is 6.61 Å². The van der Waals surface area contributed by atoms with E-state index < -0.39 is 49.5 Å². The van der Waals surface area contributed by atoms with Crippen LogP contribution in [0.1, 0.15) is 0 Å².